The van der Waals surface area contributed by atoms with Crippen molar-refractivity contribution in [2.24, 2.45) is 34.0 Å². The summed E-state index contributed by atoms with van der Waals surface area (Å²) in [5, 5.41) is 23.1. The first kappa shape index (κ1) is 80.0. The third-order valence-electron chi connectivity index (χ3n) is 21.5. The van der Waals surface area contributed by atoms with Crippen molar-refractivity contribution < 1.29 is 84.4 Å². The summed E-state index contributed by atoms with van der Waals surface area (Å²) in [7, 11) is -7.74. The van der Waals surface area contributed by atoms with Gasteiger partial charge in [-0.1, -0.05) is 155 Å². The molecule has 2 aliphatic heterocycles. The second-order valence-electron chi connectivity index (χ2n) is 29.7. The summed E-state index contributed by atoms with van der Waals surface area (Å²) in [6.45, 7) is 14.5. The lowest BCUT2D eigenvalue weighted by Gasteiger charge is -2.30. The number of carbonyl (C=O) groups excluding carboxylic acids is 8. The molecule has 2 saturated heterocycles. The maximum absolute atomic E-state index is 14.3. The Morgan fingerprint density at radius 2 is 0.870 bits per heavy atom. The number of hydroxylamine groups is 2. The van der Waals surface area contributed by atoms with E-state index in [9.17, 15) is 60.4 Å². The predicted octanol–water partition coefficient (Wildman–Crippen LogP) is 8.72. The molecule has 31 heteroatoms. The zero-order chi connectivity index (χ0) is 76.3. The molecule has 4 aromatic rings. The lowest BCUT2D eigenvalue weighted by Crippen LogP contribution is -2.58. The van der Waals surface area contributed by atoms with Crippen LogP contribution in [0.4, 0.5) is 9.59 Å². The Bertz CT molecular complexity index is 4330. The van der Waals surface area contributed by atoms with E-state index in [1.54, 1.807) is 27.7 Å². The number of nitrogens with one attached hydrogen (secondary N) is 6. The highest BCUT2D eigenvalue weighted by atomic mass is 35.5. The Balaban J connectivity index is 0.000000192. The van der Waals surface area contributed by atoms with Gasteiger partial charge >= 0.3 is 11.6 Å². The van der Waals surface area contributed by atoms with Gasteiger partial charge < -0.3 is 49.6 Å². The van der Waals surface area contributed by atoms with E-state index in [0.717, 1.165) is 95.9 Å². The zero-order valence-corrected chi connectivity index (χ0v) is 62.4. The minimum absolute atomic E-state index is 0. The average molecular weight is 1550 g/mol. The van der Waals surface area contributed by atoms with Crippen molar-refractivity contribution in [3.8, 4) is 22.3 Å². The van der Waals surface area contributed by atoms with Crippen molar-refractivity contribution in [3.05, 3.63) is 145 Å². The van der Waals surface area contributed by atoms with Gasteiger partial charge in [-0.05, 0) is 124 Å². The highest BCUT2D eigenvalue weighted by Gasteiger charge is 2.64. The molecule has 108 heavy (non-hydrogen) atoms. The summed E-state index contributed by atoms with van der Waals surface area (Å²) in [4.78, 5) is 125. The molecule has 10 aliphatic rings. The summed E-state index contributed by atoms with van der Waals surface area (Å²) < 4.78 is 64.8. The van der Waals surface area contributed by atoms with Gasteiger partial charge in [0.15, 0.2) is 0 Å². The van der Waals surface area contributed by atoms with Gasteiger partial charge in [-0.25, -0.2) is 26.4 Å². The number of rotatable bonds is 25. The fourth-order valence-corrected chi connectivity index (χ4v) is 17.8. The third-order valence-corrected chi connectivity index (χ3v) is 25.2. The number of sulfonamides is 2. The van der Waals surface area contributed by atoms with Crippen molar-refractivity contribution in [2.45, 2.75) is 208 Å². The summed E-state index contributed by atoms with van der Waals surface area (Å²) in [5.41, 5.74) is 9.83. The molecule has 2 heterocycles. The minimum atomic E-state index is -3.89. The first-order chi connectivity index (χ1) is 51.2. The molecule has 6 amide bonds. The molecule has 0 aromatic heterocycles. The van der Waals surface area contributed by atoms with Crippen molar-refractivity contribution >= 4 is 90.1 Å². The molecule has 0 spiro atoms. The van der Waals surface area contributed by atoms with Crippen molar-refractivity contribution in [2.75, 3.05) is 13.1 Å². The lowest BCUT2D eigenvalue weighted by molar-refractivity contribution is -0.145. The first-order valence-electron chi connectivity index (χ1n) is 36.6. The molecule has 0 unspecified atom stereocenters. The highest BCUT2D eigenvalue weighted by Crippen LogP contribution is 2.48. The van der Waals surface area contributed by atoms with E-state index in [0.29, 0.717) is 37.1 Å². The van der Waals surface area contributed by atoms with Crippen LogP contribution in [0.5, 0.6) is 0 Å². The molecule has 10 atom stereocenters. The standard InChI is InChI=1S/C38H45N5O9S.C32H37N5O7S.C6H9ClO2.CH4/c1-4-23-20-38(23,36(46)42-53(48,49)26-17-18-26)39-34(44)31-19-25(51-41-33-29-15-9-7-13-27(29)28-14-8-10-16-30(28)33)21-43(31)35(45)32(22(2)3)40-52-37(47)50-24-11-5-6-12-24;1-4-19-16-32(19,31(40)36-45(42,43)21-13-14-21)33-29(38)26-15-20(17-37(26)30(39)27(34-41)18(2)3)44-35-28-24-11-7-5-9-22(24)23-10-6-8-12-25(23)28;7-6(8)9-5-3-1-2-4-5;/h4,7-10,13-16,22-26,31-32,40H,1,5-6,11-12,17-21H2,2-3H3,(H,39,44)(H,42,46);4-12,18-21,26-27,34,41H,1,13-17H2,2-3H3,(H,33,38)(H,36,40);5H,1-4H2;1H4/t23-,25-,31+,32+,38-;19-,20-,26+,27+,32-;;/m11../s1. The van der Waals surface area contributed by atoms with Crippen LogP contribution in [-0.4, -0.2) is 174 Å². The predicted molar refractivity (Wildman–Crippen MR) is 400 cm³/mol. The Morgan fingerprint density at radius 3 is 1.19 bits per heavy atom. The van der Waals surface area contributed by atoms with E-state index in [4.69, 9.17) is 35.6 Å². The molecule has 4 aromatic carbocycles. The number of nitrogens with zero attached hydrogens (tertiary/aromatic N) is 4. The van der Waals surface area contributed by atoms with Gasteiger partial charge in [0.1, 0.15) is 71.1 Å². The average Bonchev–Trinajstić information content (AvgIpc) is 1.58. The number of benzene rings is 4. The van der Waals surface area contributed by atoms with Crippen LogP contribution in [0, 0.1) is 23.7 Å². The van der Waals surface area contributed by atoms with Crippen LogP contribution >= 0.6 is 11.6 Å². The summed E-state index contributed by atoms with van der Waals surface area (Å²) in [6, 6.07) is 27.0. The van der Waals surface area contributed by atoms with E-state index in [1.807, 2.05) is 97.1 Å². The van der Waals surface area contributed by atoms with Crippen molar-refractivity contribution in [1.29, 1.82) is 0 Å². The molecular weight excluding hydrogens is 1450 g/mol. The number of carbonyl (C=O) groups is 8. The van der Waals surface area contributed by atoms with E-state index in [1.165, 1.54) is 22.0 Å². The van der Waals surface area contributed by atoms with E-state index in [2.05, 4.69) is 54.5 Å². The van der Waals surface area contributed by atoms with Crippen LogP contribution in [0.2, 0.25) is 0 Å². The Morgan fingerprint density at radius 1 is 0.528 bits per heavy atom. The first-order valence-corrected chi connectivity index (χ1v) is 40.0. The van der Waals surface area contributed by atoms with E-state index >= 15 is 0 Å². The molecule has 8 aliphatic carbocycles. The molecular formula is C77H95ClN10O18S2. The van der Waals surface area contributed by atoms with Crippen LogP contribution in [-0.2, 0) is 72.8 Å². The molecule has 6 saturated carbocycles. The van der Waals surface area contributed by atoms with Crippen molar-refractivity contribution in [1.82, 2.24) is 40.8 Å². The summed E-state index contributed by atoms with van der Waals surface area (Å²) in [6.07, 6.45) is 10.5. The summed E-state index contributed by atoms with van der Waals surface area (Å²) >= 11 is 5.00. The van der Waals surface area contributed by atoms with Gasteiger partial charge in [-0.2, -0.15) is 5.48 Å². The van der Waals surface area contributed by atoms with E-state index < -0.39 is 143 Å². The van der Waals surface area contributed by atoms with Gasteiger partial charge in [0, 0.05) is 58.5 Å². The highest BCUT2D eigenvalue weighted by molar-refractivity contribution is 7.91. The fourth-order valence-electron chi connectivity index (χ4n) is 14.9. The van der Waals surface area contributed by atoms with Gasteiger partial charge in [-0.3, -0.25) is 38.2 Å². The number of hydrogen-bond donors (Lipinski definition) is 7. The second-order valence-corrected chi connectivity index (χ2v) is 33.9. The van der Waals surface area contributed by atoms with Gasteiger partial charge in [0.2, 0.25) is 43.7 Å². The Kier molecular flexibility index (Phi) is 24.7. The number of oxime groups is 2. The number of likely N-dealkylation sites (tertiary alicyclic amines) is 2. The molecule has 8 fully saturated rings. The maximum atomic E-state index is 14.3. The summed E-state index contributed by atoms with van der Waals surface area (Å²) in [5.74, 6) is -5.73. The quantitative estimate of drug-likeness (QED) is 0.0122. The SMILES string of the molecule is C.C=C[C@@H]1C[C@]1(NC(=O)[C@@H]1C[C@@H](ON=C2c3ccccc3-c3ccccc32)CN1C(=O)[C@@H](NO)C(C)C)C(=O)NS(=O)(=O)C1CC1.C=C[C@@H]1C[C@]1(NC(=O)[C@@H]1C[C@@H](ON=C2c3ccccc3-c3ccccc32)CN1C(=O)[C@@H](NOC(=O)OC1CCCC1)C(C)C)C(=O)NS(=O)(=O)C1CC1.O=C(Cl)OC1CCCC1. The largest absolute Gasteiger partial charge is 0.528 e. The molecule has 28 nitrogen and oxygen atoms in total. The van der Waals surface area contributed by atoms with E-state index in [-0.39, 0.29) is 64.3 Å². The van der Waals surface area contributed by atoms with Gasteiger partial charge in [0.05, 0.1) is 23.6 Å². The van der Waals surface area contributed by atoms with Gasteiger partial charge in [0.25, 0.3) is 11.8 Å². The molecule has 0 bridgehead atoms. The third kappa shape index (κ3) is 17.5. The Labute approximate surface area is 633 Å². The van der Waals surface area contributed by atoms with Crippen molar-refractivity contribution in [3.63, 3.8) is 0 Å². The lowest BCUT2D eigenvalue weighted by atomic mass is 10.0. The fraction of sp³-hybridized carbons (Fsp3) is 0.506. The molecule has 7 N–H and O–H groups in total. The monoisotopic (exact) mass is 1550 g/mol. The zero-order valence-electron chi connectivity index (χ0n) is 60.0. The number of halogens is 1. The second kappa shape index (κ2) is 33.4. The van der Waals surface area contributed by atoms with Crippen LogP contribution in [0.1, 0.15) is 160 Å². The molecule has 580 valence electrons. The number of hydrogen-bond acceptors (Lipinski definition) is 22. The molecule has 0 radical (unpaired) electrons. The maximum Gasteiger partial charge on any atom is 0.528 e. The van der Waals surface area contributed by atoms with Crippen LogP contribution in [0.3, 0.4) is 0 Å². The number of amides is 6. The topological polar surface area (TPSA) is 375 Å². The number of ether oxygens (including phenoxy) is 2. The van der Waals surface area contributed by atoms with Gasteiger partial charge in [-0.15, -0.1) is 18.6 Å². The van der Waals surface area contributed by atoms with Crippen LogP contribution in [0.15, 0.2) is 133 Å². The Hall–Kier alpha value is -9.07. The normalized spacial score (nSPS) is 24.7. The minimum Gasteiger partial charge on any atom is -0.450 e. The molecule has 14 rings (SSSR count). The number of fused-ring (bicyclic) bond motifs is 6. The van der Waals surface area contributed by atoms with Crippen LogP contribution < -0.4 is 31.0 Å². The smallest absolute Gasteiger partial charge is 0.450 e. The van der Waals surface area contributed by atoms with Crippen LogP contribution in [0.25, 0.3) is 22.3 Å².